The van der Waals surface area contributed by atoms with E-state index < -0.39 is 0 Å². The van der Waals surface area contributed by atoms with Crippen LogP contribution in [-0.2, 0) is 16.8 Å². The van der Waals surface area contributed by atoms with Gasteiger partial charge in [-0.05, 0) is 30.5 Å². The molecule has 0 bridgehead atoms. The standard InChI is InChI=1S/C17H16N4O/c22-16(17(9-10-17)13-6-2-1-3-7-13)18-12-15-20-19-14-8-4-5-11-21(14)15/h1-8,11H,9-10,12H2,(H,18,22). The van der Waals surface area contributed by atoms with Crippen molar-refractivity contribution in [2.45, 2.75) is 24.8 Å². The predicted molar refractivity (Wildman–Crippen MR) is 82.2 cm³/mol. The molecule has 1 amide bonds. The molecule has 1 aromatic carbocycles. The fraction of sp³-hybridized carbons (Fsp3) is 0.235. The number of amides is 1. The zero-order valence-corrected chi connectivity index (χ0v) is 12.1. The van der Waals surface area contributed by atoms with Crippen molar-refractivity contribution in [3.05, 3.63) is 66.1 Å². The molecule has 2 aromatic heterocycles. The summed E-state index contributed by atoms with van der Waals surface area (Å²) < 4.78 is 1.89. The molecule has 0 radical (unpaired) electrons. The van der Waals surface area contributed by atoms with Crippen LogP contribution in [0, 0.1) is 0 Å². The fourth-order valence-corrected chi connectivity index (χ4v) is 2.87. The number of nitrogens with zero attached hydrogens (tertiary/aromatic N) is 3. The summed E-state index contributed by atoms with van der Waals surface area (Å²) >= 11 is 0. The van der Waals surface area contributed by atoms with E-state index in [9.17, 15) is 4.79 Å². The van der Waals surface area contributed by atoms with Gasteiger partial charge in [-0.3, -0.25) is 9.20 Å². The molecule has 4 rings (SSSR count). The number of benzene rings is 1. The number of carbonyl (C=O) groups is 1. The highest BCUT2D eigenvalue weighted by Gasteiger charge is 2.50. The topological polar surface area (TPSA) is 59.3 Å². The summed E-state index contributed by atoms with van der Waals surface area (Å²) in [5, 5.41) is 11.3. The molecule has 1 aliphatic carbocycles. The van der Waals surface area contributed by atoms with E-state index in [1.807, 2.05) is 59.1 Å². The highest BCUT2D eigenvalue weighted by Crippen LogP contribution is 2.48. The minimum atomic E-state index is -0.345. The number of pyridine rings is 1. The minimum absolute atomic E-state index is 0.0754. The average molecular weight is 292 g/mol. The Bertz CT molecular complexity index is 821. The molecule has 0 spiro atoms. The van der Waals surface area contributed by atoms with Gasteiger partial charge in [0.15, 0.2) is 11.5 Å². The molecule has 1 aliphatic rings. The van der Waals surface area contributed by atoms with E-state index >= 15 is 0 Å². The van der Waals surface area contributed by atoms with E-state index in [1.165, 1.54) is 0 Å². The molecule has 110 valence electrons. The van der Waals surface area contributed by atoms with Gasteiger partial charge < -0.3 is 5.32 Å². The zero-order chi connectivity index (χ0) is 15.0. The lowest BCUT2D eigenvalue weighted by atomic mass is 9.95. The van der Waals surface area contributed by atoms with Crippen LogP contribution in [0.2, 0.25) is 0 Å². The lowest BCUT2D eigenvalue weighted by molar-refractivity contribution is -0.123. The maximum Gasteiger partial charge on any atom is 0.231 e. The summed E-state index contributed by atoms with van der Waals surface area (Å²) in [6.07, 6.45) is 3.72. The quantitative estimate of drug-likeness (QED) is 0.801. The monoisotopic (exact) mass is 292 g/mol. The van der Waals surface area contributed by atoms with Crippen LogP contribution in [-0.4, -0.2) is 20.5 Å². The zero-order valence-electron chi connectivity index (χ0n) is 12.1. The van der Waals surface area contributed by atoms with Crippen molar-refractivity contribution in [2.24, 2.45) is 0 Å². The van der Waals surface area contributed by atoms with Gasteiger partial charge in [0, 0.05) is 6.20 Å². The fourth-order valence-electron chi connectivity index (χ4n) is 2.87. The first-order valence-electron chi connectivity index (χ1n) is 7.42. The van der Waals surface area contributed by atoms with Crippen molar-refractivity contribution in [2.75, 3.05) is 0 Å². The molecule has 2 heterocycles. The molecule has 5 heteroatoms. The summed E-state index contributed by atoms with van der Waals surface area (Å²) in [7, 11) is 0. The molecular formula is C17H16N4O. The Kier molecular flexibility index (Phi) is 2.92. The third kappa shape index (κ3) is 2.06. The van der Waals surface area contributed by atoms with E-state index in [2.05, 4.69) is 15.5 Å². The van der Waals surface area contributed by atoms with Crippen LogP contribution < -0.4 is 5.32 Å². The van der Waals surface area contributed by atoms with Crippen LogP contribution in [0.3, 0.4) is 0 Å². The van der Waals surface area contributed by atoms with E-state index in [0.29, 0.717) is 6.54 Å². The highest BCUT2D eigenvalue weighted by atomic mass is 16.2. The molecule has 3 aromatic rings. The first-order chi connectivity index (χ1) is 10.8. The minimum Gasteiger partial charge on any atom is -0.348 e. The number of hydrogen-bond acceptors (Lipinski definition) is 3. The van der Waals surface area contributed by atoms with Gasteiger partial charge in [-0.2, -0.15) is 0 Å². The maximum atomic E-state index is 12.6. The first kappa shape index (κ1) is 13.0. The van der Waals surface area contributed by atoms with Crippen molar-refractivity contribution in [1.82, 2.24) is 19.9 Å². The smallest absolute Gasteiger partial charge is 0.231 e. The van der Waals surface area contributed by atoms with E-state index in [4.69, 9.17) is 0 Å². The molecular weight excluding hydrogens is 276 g/mol. The molecule has 1 N–H and O–H groups in total. The Balaban J connectivity index is 1.51. The average Bonchev–Trinajstić information content (AvgIpc) is 3.29. The molecule has 0 saturated heterocycles. The largest absolute Gasteiger partial charge is 0.348 e. The van der Waals surface area contributed by atoms with Gasteiger partial charge >= 0.3 is 0 Å². The second kappa shape index (κ2) is 4.94. The number of rotatable bonds is 4. The van der Waals surface area contributed by atoms with E-state index in [1.54, 1.807) is 0 Å². The first-order valence-corrected chi connectivity index (χ1v) is 7.42. The van der Waals surface area contributed by atoms with Crippen LogP contribution in [0.5, 0.6) is 0 Å². The van der Waals surface area contributed by atoms with Crippen LogP contribution in [0.25, 0.3) is 5.65 Å². The lowest BCUT2D eigenvalue weighted by Gasteiger charge is -2.15. The summed E-state index contributed by atoms with van der Waals surface area (Å²) in [5.41, 5.74) is 1.54. The van der Waals surface area contributed by atoms with Crippen molar-refractivity contribution in [3.8, 4) is 0 Å². The molecule has 0 unspecified atom stereocenters. The number of carbonyl (C=O) groups excluding carboxylic acids is 1. The van der Waals surface area contributed by atoms with Gasteiger partial charge in [0.25, 0.3) is 0 Å². The van der Waals surface area contributed by atoms with Crippen LogP contribution in [0.1, 0.15) is 24.2 Å². The molecule has 22 heavy (non-hydrogen) atoms. The van der Waals surface area contributed by atoms with Crippen LogP contribution in [0.4, 0.5) is 0 Å². The number of hydrogen-bond donors (Lipinski definition) is 1. The van der Waals surface area contributed by atoms with Gasteiger partial charge in [-0.25, -0.2) is 0 Å². The summed E-state index contributed by atoms with van der Waals surface area (Å²) in [5.74, 6) is 0.819. The molecule has 5 nitrogen and oxygen atoms in total. The van der Waals surface area contributed by atoms with Crippen molar-refractivity contribution in [3.63, 3.8) is 0 Å². The Morgan fingerprint density at radius 2 is 1.86 bits per heavy atom. The molecule has 1 saturated carbocycles. The Hall–Kier alpha value is -2.69. The number of nitrogens with one attached hydrogen (secondary N) is 1. The third-order valence-corrected chi connectivity index (χ3v) is 4.30. The number of aromatic nitrogens is 3. The maximum absolute atomic E-state index is 12.6. The second-order valence-corrected chi connectivity index (χ2v) is 5.68. The molecule has 0 atom stereocenters. The molecule has 1 fully saturated rings. The van der Waals surface area contributed by atoms with Crippen molar-refractivity contribution < 1.29 is 4.79 Å². The highest BCUT2D eigenvalue weighted by molar-refractivity contribution is 5.91. The summed E-state index contributed by atoms with van der Waals surface area (Å²) in [6, 6.07) is 15.7. The summed E-state index contributed by atoms with van der Waals surface area (Å²) in [6.45, 7) is 0.387. The molecule has 0 aliphatic heterocycles. The van der Waals surface area contributed by atoms with Gasteiger partial charge in [0.05, 0.1) is 12.0 Å². The van der Waals surface area contributed by atoms with Gasteiger partial charge in [-0.1, -0.05) is 36.4 Å². The lowest BCUT2D eigenvalue weighted by Crippen LogP contribution is -2.34. The SMILES string of the molecule is O=C(NCc1nnc2ccccn12)C1(c2ccccc2)CC1. The van der Waals surface area contributed by atoms with Crippen LogP contribution in [0.15, 0.2) is 54.7 Å². The van der Waals surface area contributed by atoms with Crippen molar-refractivity contribution in [1.29, 1.82) is 0 Å². The number of fused-ring (bicyclic) bond motifs is 1. The van der Waals surface area contributed by atoms with Gasteiger partial charge in [0.1, 0.15) is 0 Å². The Labute approximate surface area is 128 Å². The van der Waals surface area contributed by atoms with Gasteiger partial charge in [0.2, 0.25) is 5.91 Å². The second-order valence-electron chi connectivity index (χ2n) is 5.68. The Morgan fingerprint density at radius 1 is 1.09 bits per heavy atom. The normalized spacial score (nSPS) is 15.6. The predicted octanol–water partition coefficient (Wildman–Crippen LogP) is 2.08. The van der Waals surface area contributed by atoms with Gasteiger partial charge in [-0.15, -0.1) is 10.2 Å². The Morgan fingerprint density at radius 3 is 2.64 bits per heavy atom. The summed E-state index contributed by atoms with van der Waals surface area (Å²) in [4.78, 5) is 12.6. The van der Waals surface area contributed by atoms with Crippen LogP contribution >= 0.6 is 0 Å². The van der Waals surface area contributed by atoms with E-state index in [-0.39, 0.29) is 11.3 Å². The van der Waals surface area contributed by atoms with Crippen molar-refractivity contribution >= 4 is 11.6 Å². The van der Waals surface area contributed by atoms with E-state index in [0.717, 1.165) is 29.9 Å². The third-order valence-electron chi connectivity index (χ3n) is 4.30.